The summed E-state index contributed by atoms with van der Waals surface area (Å²) in [6.07, 6.45) is -0.287. The lowest BCUT2D eigenvalue weighted by atomic mass is 10.1. The van der Waals surface area contributed by atoms with Crippen LogP contribution in [0.5, 0.6) is 0 Å². The Morgan fingerprint density at radius 1 is 1.00 bits per heavy atom. The molecule has 2 atom stereocenters. The molecule has 1 rings (SSSR count). The van der Waals surface area contributed by atoms with Crippen LogP contribution in [-0.4, -0.2) is 53.3 Å². The third kappa shape index (κ3) is 9.89. The highest BCUT2D eigenvalue weighted by Crippen LogP contribution is 2.04. The minimum atomic E-state index is -1.11. The molecule has 0 radical (unpaired) electrons. The van der Waals surface area contributed by atoms with Crippen molar-refractivity contribution in [1.29, 1.82) is 0 Å². The number of benzene rings is 1. The maximum Gasteiger partial charge on any atom is 0.303 e. The fraction of sp³-hybridized carbons (Fsp3) is 0.421. The predicted octanol–water partition coefficient (Wildman–Crippen LogP) is -0.925. The second kappa shape index (κ2) is 12.1. The van der Waals surface area contributed by atoms with Crippen LogP contribution in [0, 0.1) is 0 Å². The monoisotopic (exact) mass is 406 g/mol. The first-order valence-electron chi connectivity index (χ1n) is 9.08. The van der Waals surface area contributed by atoms with Crippen molar-refractivity contribution in [3.63, 3.8) is 0 Å². The summed E-state index contributed by atoms with van der Waals surface area (Å²) in [6.45, 7) is 1.28. The van der Waals surface area contributed by atoms with Crippen molar-refractivity contribution in [1.82, 2.24) is 16.0 Å². The molecule has 158 valence electrons. The Hall–Kier alpha value is -3.43. The highest BCUT2D eigenvalue weighted by molar-refractivity contribution is 5.88. The van der Waals surface area contributed by atoms with Crippen molar-refractivity contribution >= 4 is 29.6 Å². The molecule has 29 heavy (non-hydrogen) atoms. The van der Waals surface area contributed by atoms with Crippen LogP contribution in [0.25, 0.3) is 0 Å². The fourth-order valence-electron chi connectivity index (χ4n) is 2.55. The van der Waals surface area contributed by atoms with E-state index in [2.05, 4.69) is 16.0 Å². The zero-order valence-electron chi connectivity index (χ0n) is 16.1. The standard InChI is InChI=1S/C19H26N4O6/c1-12(24)22-15(11-13-5-3-2-4-6-13)19(29)21-10-9-16(25)23-14(18(20)28)7-8-17(26)27/h2-6,14-15H,7-11H2,1H3,(H2,20,28)(H,21,29)(H,22,24)(H,23,25)(H,26,27)/t14-,15?/m0/s1. The van der Waals surface area contributed by atoms with Gasteiger partial charge in [-0.2, -0.15) is 0 Å². The fourth-order valence-corrected chi connectivity index (χ4v) is 2.55. The molecule has 10 nitrogen and oxygen atoms in total. The maximum absolute atomic E-state index is 12.4. The number of carbonyl (C=O) groups is 5. The van der Waals surface area contributed by atoms with Gasteiger partial charge in [0.2, 0.25) is 23.6 Å². The SMILES string of the molecule is CC(=O)NC(Cc1ccccc1)C(=O)NCCC(=O)N[C@@H](CCC(=O)O)C(N)=O. The number of carbonyl (C=O) groups excluding carboxylic acids is 4. The lowest BCUT2D eigenvalue weighted by Gasteiger charge is -2.18. The van der Waals surface area contributed by atoms with Crippen LogP contribution in [0.15, 0.2) is 30.3 Å². The zero-order chi connectivity index (χ0) is 21.8. The summed E-state index contributed by atoms with van der Waals surface area (Å²) in [7, 11) is 0. The van der Waals surface area contributed by atoms with Crippen molar-refractivity contribution in [3.05, 3.63) is 35.9 Å². The van der Waals surface area contributed by atoms with Gasteiger partial charge in [-0.3, -0.25) is 24.0 Å². The Balaban J connectivity index is 2.52. The van der Waals surface area contributed by atoms with Gasteiger partial charge >= 0.3 is 5.97 Å². The van der Waals surface area contributed by atoms with Crippen LogP contribution in [0.2, 0.25) is 0 Å². The Bertz CT molecular complexity index is 737. The van der Waals surface area contributed by atoms with Crippen LogP contribution in [0.1, 0.15) is 31.7 Å². The lowest BCUT2D eigenvalue weighted by molar-refractivity contribution is -0.138. The highest BCUT2D eigenvalue weighted by atomic mass is 16.4. The van der Waals surface area contributed by atoms with E-state index < -0.39 is 35.8 Å². The van der Waals surface area contributed by atoms with Gasteiger partial charge in [0, 0.05) is 32.7 Å². The normalized spacial score (nSPS) is 12.3. The molecule has 0 aliphatic heterocycles. The largest absolute Gasteiger partial charge is 0.481 e. The molecule has 0 heterocycles. The predicted molar refractivity (Wildman–Crippen MR) is 103 cm³/mol. The molecule has 6 N–H and O–H groups in total. The number of carboxylic acids is 1. The van der Waals surface area contributed by atoms with E-state index in [1.807, 2.05) is 30.3 Å². The summed E-state index contributed by atoms with van der Waals surface area (Å²) in [5.41, 5.74) is 6.01. The van der Waals surface area contributed by atoms with E-state index >= 15 is 0 Å². The topological polar surface area (TPSA) is 168 Å². The number of hydrogen-bond acceptors (Lipinski definition) is 5. The molecule has 4 amide bonds. The third-order valence-electron chi connectivity index (χ3n) is 3.95. The van der Waals surface area contributed by atoms with Crippen molar-refractivity contribution in [2.75, 3.05) is 6.54 Å². The van der Waals surface area contributed by atoms with Crippen LogP contribution in [-0.2, 0) is 30.4 Å². The molecular formula is C19H26N4O6. The molecule has 0 aliphatic carbocycles. The molecule has 10 heteroatoms. The summed E-state index contributed by atoms with van der Waals surface area (Å²) in [6, 6.07) is 7.24. The zero-order valence-corrected chi connectivity index (χ0v) is 16.1. The summed E-state index contributed by atoms with van der Waals surface area (Å²) in [4.78, 5) is 57.6. The first-order chi connectivity index (χ1) is 13.7. The highest BCUT2D eigenvalue weighted by Gasteiger charge is 2.21. The van der Waals surface area contributed by atoms with Gasteiger partial charge in [-0.25, -0.2) is 0 Å². The molecule has 0 aromatic heterocycles. The van der Waals surface area contributed by atoms with E-state index in [1.54, 1.807) is 0 Å². The van der Waals surface area contributed by atoms with E-state index in [0.29, 0.717) is 0 Å². The summed E-state index contributed by atoms with van der Waals surface area (Å²) < 4.78 is 0. The van der Waals surface area contributed by atoms with Gasteiger partial charge in [0.05, 0.1) is 0 Å². The number of nitrogens with two attached hydrogens (primary N) is 1. The molecule has 0 spiro atoms. The van der Waals surface area contributed by atoms with Gasteiger partial charge in [-0.15, -0.1) is 0 Å². The van der Waals surface area contributed by atoms with Gasteiger partial charge in [-0.1, -0.05) is 30.3 Å². The van der Waals surface area contributed by atoms with E-state index in [0.717, 1.165) is 5.56 Å². The molecular weight excluding hydrogens is 380 g/mol. The average Bonchev–Trinajstić information content (AvgIpc) is 2.64. The molecule has 0 aliphatic rings. The first kappa shape index (κ1) is 23.6. The minimum absolute atomic E-state index is 0.0278. The Morgan fingerprint density at radius 3 is 2.21 bits per heavy atom. The van der Waals surface area contributed by atoms with Gasteiger partial charge < -0.3 is 26.8 Å². The first-order valence-corrected chi connectivity index (χ1v) is 9.08. The third-order valence-corrected chi connectivity index (χ3v) is 3.95. The van der Waals surface area contributed by atoms with Crippen LogP contribution in [0.3, 0.4) is 0 Å². The van der Waals surface area contributed by atoms with Gasteiger partial charge in [-0.05, 0) is 12.0 Å². The van der Waals surface area contributed by atoms with E-state index in [4.69, 9.17) is 10.8 Å². The Morgan fingerprint density at radius 2 is 1.66 bits per heavy atom. The molecule has 0 saturated heterocycles. The number of hydrogen-bond donors (Lipinski definition) is 5. The Kier molecular flexibility index (Phi) is 9.86. The number of aliphatic carboxylic acids is 1. The average molecular weight is 406 g/mol. The second-order valence-electron chi connectivity index (χ2n) is 6.44. The summed E-state index contributed by atoms with van der Waals surface area (Å²) >= 11 is 0. The van der Waals surface area contributed by atoms with Crippen molar-refractivity contribution in [2.24, 2.45) is 5.73 Å². The molecule has 1 unspecified atom stereocenters. The van der Waals surface area contributed by atoms with Crippen LogP contribution >= 0.6 is 0 Å². The minimum Gasteiger partial charge on any atom is -0.481 e. The van der Waals surface area contributed by atoms with Gasteiger partial charge in [0.1, 0.15) is 12.1 Å². The second-order valence-corrected chi connectivity index (χ2v) is 6.44. The van der Waals surface area contributed by atoms with Crippen molar-refractivity contribution in [3.8, 4) is 0 Å². The number of rotatable bonds is 12. The smallest absolute Gasteiger partial charge is 0.303 e. The van der Waals surface area contributed by atoms with Crippen LogP contribution < -0.4 is 21.7 Å². The van der Waals surface area contributed by atoms with Gasteiger partial charge in [0.25, 0.3) is 0 Å². The van der Waals surface area contributed by atoms with Crippen molar-refractivity contribution < 1.29 is 29.1 Å². The number of carboxylic acid groups (broad SMARTS) is 1. The Labute approximate surface area is 168 Å². The van der Waals surface area contributed by atoms with E-state index in [1.165, 1.54) is 6.92 Å². The molecule has 0 bridgehead atoms. The lowest BCUT2D eigenvalue weighted by Crippen LogP contribution is -2.49. The molecule has 1 aromatic rings. The summed E-state index contributed by atoms with van der Waals surface area (Å²) in [5.74, 6) is -3.31. The van der Waals surface area contributed by atoms with Crippen LogP contribution in [0.4, 0.5) is 0 Å². The maximum atomic E-state index is 12.4. The summed E-state index contributed by atoms with van der Waals surface area (Å²) in [5, 5.41) is 16.1. The van der Waals surface area contributed by atoms with E-state index in [-0.39, 0.29) is 38.1 Å². The quantitative estimate of drug-likeness (QED) is 0.301. The molecule has 0 saturated carbocycles. The number of nitrogens with one attached hydrogen (secondary N) is 3. The van der Waals surface area contributed by atoms with Crippen molar-refractivity contribution in [2.45, 2.75) is 44.7 Å². The molecule has 1 aromatic carbocycles. The van der Waals surface area contributed by atoms with E-state index in [9.17, 15) is 24.0 Å². The molecule has 0 fully saturated rings. The number of amides is 4. The number of primary amides is 1. The van der Waals surface area contributed by atoms with Gasteiger partial charge in [0.15, 0.2) is 0 Å².